The summed E-state index contributed by atoms with van der Waals surface area (Å²) >= 11 is 5.94. The number of nitrogens with one attached hydrogen (secondary N) is 1. The lowest BCUT2D eigenvalue weighted by Crippen LogP contribution is -2.16. The summed E-state index contributed by atoms with van der Waals surface area (Å²) in [6, 6.07) is 9.47. The van der Waals surface area contributed by atoms with E-state index in [1.54, 1.807) is 30.5 Å². The van der Waals surface area contributed by atoms with E-state index in [2.05, 4.69) is 27.5 Å². The summed E-state index contributed by atoms with van der Waals surface area (Å²) in [7, 11) is 0. The van der Waals surface area contributed by atoms with E-state index in [4.69, 9.17) is 16.0 Å². The van der Waals surface area contributed by atoms with Crippen LogP contribution in [0.2, 0.25) is 5.02 Å². The van der Waals surface area contributed by atoms with Crippen molar-refractivity contribution < 1.29 is 9.21 Å². The van der Waals surface area contributed by atoms with Gasteiger partial charge in [-0.05, 0) is 43.2 Å². The molecule has 6 heteroatoms. The normalized spacial score (nSPS) is 15.4. The fourth-order valence-electron chi connectivity index (χ4n) is 3.28. The Labute approximate surface area is 150 Å². The Morgan fingerprint density at radius 3 is 2.96 bits per heavy atom. The quantitative estimate of drug-likeness (QED) is 0.541. The van der Waals surface area contributed by atoms with Crippen LogP contribution in [0.4, 0.5) is 0 Å². The van der Waals surface area contributed by atoms with Gasteiger partial charge in [0.05, 0.1) is 6.21 Å². The first kappa shape index (κ1) is 16.0. The number of hydrazone groups is 1. The van der Waals surface area contributed by atoms with E-state index < -0.39 is 5.91 Å². The maximum Gasteiger partial charge on any atom is 0.307 e. The van der Waals surface area contributed by atoms with Gasteiger partial charge in [-0.3, -0.25) is 4.79 Å². The zero-order valence-electron chi connectivity index (χ0n) is 13.6. The minimum absolute atomic E-state index is 0.206. The number of amides is 1. The largest absolute Gasteiger partial charge is 0.451 e. The van der Waals surface area contributed by atoms with Crippen molar-refractivity contribution in [3.05, 3.63) is 59.1 Å². The van der Waals surface area contributed by atoms with Crippen LogP contribution in [-0.2, 0) is 0 Å². The first-order chi connectivity index (χ1) is 12.2. The van der Waals surface area contributed by atoms with E-state index in [0.29, 0.717) is 16.6 Å². The third kappa shape index (κ3) is 3.46. The molecule has 2 heterocycles. The Hall–Kier alpha value is -2.53. The highest BCUT2D eigenvalue weighted by molar-refractivity contribution is 6.31. The van der Waals surface area contributed by atoms with Crippen LogP contribution in [0.3, 0.4) is 0 Å². The number of halogens is 1. The lowest BCUT2D eigenvalue weighted by molar-refractivity contribution is 0.0929. The number of aromatic nitrogens is 1. The van der Waals surface area contributed by atoms with Crippen molar-refractivity contribution in [2.45, 2.75) is 31.7 Å². The topological polar surface area (TPSA) is 59.5 Å². The molecule has 0 aliphatic heterocycles. The number of furan rings is 1. The smallest absolute Gasteiger partial charge is 0.307 e. The van der Waals surface area contributed by atoms with E-state index in [9.17, 15) is 4.79 Å². The fourth-order valence-corrected chi connectivity index (χ4v) is 3.46. The van der Waals surface area contributed by atoms with Crippen molar-refractivity contribution in [2.75, 3.05) is 0 Å². The minimum atomic E-state index is -0.390. The summed E-state index contributed by atoms with van der Waals surface area (Å²) < 4.78 is 7.75. The van der Waals surface area contributed by atoms with Gasteiger partial charge in [0.1, 0.15) is 5.58 Å². The molecule has 1 aliphatic carbocycles. The monoisotopic (exact) mass is 355 g/mol. The van der Waals surface area contributed by atoms with Crippen LogP contribution in [0.25, 0.3) is 11.0 Å². The second-order valence-corrected chi connectivity index (χ2v) is 6.76. The molecule has 128 valence electrons. The molecule has 2 aromatic heterocycles. The molecular weight excluding hydrogens is 338 g/mol. The third-order valence-corrected chi connectivity index (χ3v) is 4.80. The van der Waals surface area contributed by atoms with Gasteiger partial charge in [-0.1, -0.05) is 24.4 Å². The molecule has 1 aromatic carbocycles. The Morgan fingerprint density at radius 2 is 2.12 bits per heavy atom. The number of hydrogen-bond acceptors (Lipinski definition) is 3. The van der Waals surface area contributed by atoms with Gasteiger partial charge in [-0.25, -0.2) is 5.43 Å². The second-order valence-electron chi connectivity index (χ2n) is 6.32. The Kier molecular flexibility index (Phi) is 4.32. The highest BCUT2D eigenvalue weighted by atomic mass is 35.5. The van der Waals surface area contributed by atoms with E-state index in [1.165, 1.54) is 25.7 Å². The fraction of sp³-hybridized carbons (Fsp3) is 0.263. The number of benzene rings is 1. The van der Waals surface area contributed by atoms with Crippen LogP contribution in [0, 0.1) is 0 Å². The molecule has 0 atom stereocenters. The highest BCUT2D eigenvalue weighted by Gasteiger charge is 2.16. The highest BCUT2D eigenvalue weighted by Crippen LogP contribution is 2.29. The molecule has 1 aliphatic rings. The van der Waals surface area contributed by atoms with Crippen LogP contribution in [0.15, 0.2) is 52.2 Å². The first-order valence-electron chi connectivity index (χ1n) is 8.39. The van der Waals surface area contributed by atoms with Crippen LogP contribution in [0.1, 0.15) is 47.8 Å². The predicted molar refractivity (Wildman–Crippen MR) is 98.2 cm³/mol. The van der Waals surface area contributed by atoms with Gasteiger partial charge in [0.2, 0.25) is 0 Å². The van der Waals surface area contributed by atoms with E-state index in [1.807, 2.05) is 6.07 Å². The van der Waals surface area contributed by atoms with Gasteiger partial charge in [0.15, 0.2) is 5.76 Å². The second kappa shape index (κ2) is 6.76. The molecule has 0 saturated heterocycles. The summed E-state index contributed by atoms with van der Waals surface area (Å²) in [4.78, 5) is 12.1. The molecule has 0 radical (unpaired) electrons. The Bertz CT molecular complexity index is 935. The molecule has 1 amide bonds. The summed E-state index contributed by atoms with van der Waals surface area (Å²) in [6.07, 6.45) is 10.8. The van der Waals surface area contributed by atoms with Crippen LogP contribution in [-0.4, -0.2) is 16.7 Å². The lowest BCUT2D eigenvalue weighted by atomic mass is 10.2. The van der Waals surface area contributed by atoms with Gasteiger partial charge in [0, 0.05) is 34.4 Å². The first-order valence-corrected chi connectivity index (χ1v) is 8.77. The molecule has 3 aromatic rings. The van der Waals surface area contributed by atoms with Crippen molar-refractivity contribution in [3.63, 3.8) is 0 Å². The van der Waals surface area contributed by atoms with Crippen LogP contribution >= 0.6 is 11.6 Å². The molecule has 0 unspecified atom stereocenters. The van der Waals surface area contributed by atoms with Gasteiger partial charge >= 0.3 is 5.91 Å². The Balaban J connectivity index is 1.41. The van der Waals surface area contributed by atoms with Gasteiger partial charge in [0.25, 0.3) is 0 Å². The van der Waals surface area contributed by atoms with Gasteiger partial charge in [-0.2, -0.15) is 5.10 Å². The number of carbonyl (C=O) groups is 1. The van der Waals surface area contributed by atoms with Crippen molar-refractivity contribution in [1.82, 2.24) is 9.99 Å². The Morgan fingerprint density at radius 1 is 1.28 bits per heavy atom. The summed E-state index contributed by atoms with van der Waals surface area (Å²) in [6.45, 7) is 0. The van der Waals surface area contributed by atoms with Crippen molar-refractivity contribution in [2.24, 2.45) is 5.10 Å². The summed E-state index contributed by atoms with van der Waals surface area (Å²) in [5, 5.41) is 5.41. The van der Waals surface area contributed by atoms with E-state index >= 15 is 0 Å². The van der Waals surface area contributed by atoms with Crippen LogP contribution < -0.4 is 5.43 Å². The summed E-state index contributed by atoms with van der Waals surface area (Å²) in [5.74, 6) is -0.184. The molecule has 0 bridgehead atoms. The number of fused-ring (bicyclic) bond motifs is 1. The molecule has 1 N–H and O–H groups in total. The van der Waals surface area contributed by atoms with Crippen molar-refractivity contribution in [3.8, 4) is 0 Å². The molecule has 0 spiro atoms. The average Bonchev–Trinajstić information content (AvgIpc) is 3.34. The maximum atomic E-state index is 12.1. The molecule has 4 rings (SSSR count). The number of rotatable bonds is 4. The third-order valence-electron chi connectivity index (χ3n) is 4.57. The number of hydrogen-bond donors (Lipinski definition) is 1. The zero-order valence-corrected chi connectivity index (χ0v) is 14.4. The maximum absolute atomic E-state index is 12.1. The lowest BCUT2D eigenvalue weighted by Gasteiger charge is -2.10. The minimum Gasteiger partial charge on any atom is -0.451 e. The van der Waals surface area contributed by atoms with Crippen molar-refractivity contribution >= 4 is 34.7 Å². The molecule has 1 saturated carbocycles. The predicted octanol–water partition coefficient (Wildman–Crippen LogP) is 4.77. The zero-order chi connectivity index (χ0) is 17.2. The standard InChI is InChI=1S/C19H18ClN3O2/c20-15-5-6-17-14(9-15)10-18(25-17)19(24)22-21-11-13-7-8-23(12-13)16-3-1-2-4-16/h5-12,16H,1-4H2,(H,22,24)/b21-11-. The molecular formula is C19H18ClN3O2. The summed E-state index contributed by atoms with van der Waals surface area (Å²) in [5.41, 5.74) is 4.08. The van der Waals surface area contributed by atoms with E-state index in [0.717, 1.165) is 10.9 Å². The van der Waals surface area contributed by atoms with Gasteiger partial charge < -0.3 is 8.98 Å². The molecule has 5 nitrogen and oxygen atoms in total. The van der Waals surface area contributed by atoms with Crippen LogP contribution in [0.5, 0.6) is 0 Å². The molecule has 1 fully saturated rings. The average molecular weight is 356 g/mol. The van der Waals surface area contributed by atoms with Crippen molar-refractivity contribution in [1.29, 1.82) is 0 Å². The van der Waals surface area contributed by atoms with Gasteiger partial charge in [-0.15, -0.1) is 0 Å². The van der Waals surface area contributed by atoms with E-state index in [-0.39, 0.29) is 5.76 Å². The number of carbonyl (C=O) groups excluding carboxylic acids is 1. The number of nitrogens with zero attached hydrogens (tertiary/aromatic N) is 2. The SMILES string of the molecule is O=C(N/N=C\c1ccn(C2CCCC2)c1)c1cc2cc(Cl)ccc2o1. The molecule has 25 heavy (non-hydrogen) atoms.